The Balaban J connectivity index is 2.00. The highest BCUT2D eigenvalue weighted by Crippen LogP contribution is 2.27. The largest absolute Gasteiger partial charge is 0.370 e. The van der Waals surface area contributed by atoms with E-state index < -0.39 is 12.0 Å². The van der Waals surface area contributed by atoms with E-state index in [0.717, 1.165) is 17.2 Å². The second-order valence-electron chi connectivity index (χ2n) is 8.14. The van der Waals surface area contributed by atoms with E-state index in [1.54, 1.807) is 12.1 Å². The van der Waals surface area contributed by atoms with Crippen molar-refractivity contribution in [3.63, 3.8) is 0 Å². The molecule has 0 aromatic carbocycles. The van der Waals surface area contributed by atoms with E-state index in [1.807, 2.05) is 45.4 Å². The Morgan fingerprint density at radius 3 is 2.49 bits per heavy atom. The molecule has 0 radical (unpaired) electrons. The molecule has 8 nitrogen and oxygen atoms in total. The maximum atomic E-state index is 13.8. The normalized spacial score (nSPS) is 12.1. The number of nitrogens with zero attached hydrogens (tertiary/aromatic N) is 6. The zero-order valence-corrected chi connectivity index (χ0v) is 20.3. The van der Waals surface area contributed by atoms with Gasteiger partial charge in [-0.05, 0) is 51.5 Å². The third-order valence-corrected chi connectivity index (χ3v) is 5.87. The van der Waals surface area contributed by atoms with Gasteiger partial charge < -0.3 is 9.88 Å². The fourth-order valence-electron chi connectivity index (χ4n) is 3.96. The molecule has 182 valence electrons. The van der Waals surface area contributed by atoms with Gasteiger partial charge in [0.05, 0.1) is 17.0 Å². The number of anilines is 1. The van der Waals surface area contributed by atoms with Gasteiger partial charge in [0.1, 0.15) is 28.4 Å². The average Bonchev–Trinajstić information content (AvgIpc) is 3.08. The van der Waals surface area contributed by atoms with E-state index >= 15 is 0 Å². The Hall–Kier alpha value is -3.95. The molecule has 4 rings (SSSR count). The second kappa shape index (κ2) is 9.73. The summed E-state index contributed by atoms with van der Waals surface area (Å²) in [6.45, 7) is 8.36. The molecule has 0 aliphatic heterocycles. The van der Waals surface area contributed by atoms with E-state index in [9.17, 15) is 13.6 Å². The summed E-state index contributed by atoms with van der Waals surface area (Å²) in [6, 6.07) is 6.27. The first kappa shape index (κ1) is 24.2. The van der Waals surface area contributed by atoms with Gasteiger partial charge in [-0.2, -0.15) is 5.10 Å². The number of imidazole rings is 1. The molecule has 4 heterocycles. The number of pyridine rings is 2. The molecule has 0 spiro atoms. The van der Waals surface area contributed by atoms with E-state index in [-0.39, 0.29) is 11.3 Å². The molecule has 0 amide bonds. The lowest BCUT2D eigenvalue weighted by Gasteiger charge is -2.14. The highest BCUT2D eigenvalue weighted by atomic mass is 19.3. The summed E-state index contributed by atoms with van der Waals surface area (Å²) in [4.78, 5) is 26.8. The van der Waals surface area contributed by atoms with Crippen molar-refractivity contribution in [3.8, 4) is 11.1 Å². The molecule has 10 heteroatoms. The summed E-state index contributed by atoms with van der Waals surface area (Å²) in [5, 5.41) is 7.75. The van der Waals surface area contributed by atoms with Crippen LogP contribution in [0.4, 0.5) is 14.6 Å². The number of hydrogen-bond donors (Lipinski definition) is 1. The molecular formula is C25H27F2N7O. The Morgan fingerprint density at radius 1 is 1.14 bits per heavy atom. The van der Waals surface area contributed by atoms with Crippen LogP contribution in [0.5, 0.6) is 0 Å². The summed E-state index contributed by atoms with van der Waals surface area (Å²) in [5.74, 6) is 1.44. The van der Waals surface area contributed by atoms with E-state index in [4.69, 9.17) is 0 Å². The van der Waals surface area contributed by atoms with Gasteiger partial charge in [-0.1, -0.05) is 13.0 Å². The van der Waals surface area contributed by atoms with Crippen LogP contribution in [-0.4, -0.2) is 35.8 Å². The first-order chi connectivity index (χ1) is 16.7. The molecule has 0 saturated heterocycles. The van der Waals surface area contributed by atoms with Crippen molar-refractivity contribution in [2.24, 2.45) is 7.05 Å². The lowest BCUT2D eigenvalue weighted by atomic mass is 10.1. The monoisotopic (exact) mass is 479 g/mol. The molecule has 0 fully saturated rings. The van der Waals surface area contributed by atoms with Crippen LogP contribution in [0.3, 0.4) is 0 Å². The predicted molar refractivity (Wildman–Crippen MR) is 133 cm³/mol. The van der Waals surface area contributed by atoms with Gasteiger partial charge in [0.15, 0.2) is 0 Å². The van der Waals surface area contributed by atoms with E-state index in [0.29, 0.717) is 41.1 Å². The minimum absolute atomic E-state index is 0.250. The summed E-state index contributed by atoms with van der Waals surface area (Å²) < 4.78 is 29.5. The molecule has 0 unspecified atom stereocenters. The molecule has 35 heavy (non-hydrogen) atoms. The van der Waals surface area contributed by atoms with Crippen molar-refractivity contribution < 1.29 is 8.78 Å². The number of rotatable bonds is 7. The summed E-state index contributed by atoms with van der Waals surface area (Å²) in [7, 11) is 1.92. The molecule has 0 aliphatic carbocycles. The van der Waals surface area contributed by atoms with Gasteiger partial charge in [-0.25, -0.2) is 23.4 Å². The molecule has 0 aliphatic rings. The Morgan fingerprint density at radius 2 is 1.91 bits per heavy atom. The number of hydrogen-bond acceptors (Lipinski definition) is 6. The maximum absolute atomic E-state index is 13.8. The summed E-state index contributed by atoms with van der Waals surface area (Å²) in [5.41, 5.74) is 3.13. The molecular weight excluding hydrogens is 452 g/mol. The summed E-state index contributed by atoms with van der Waals surface area (Å²) in [6.07, 6.45) is 1.01. The van der Waals surface area contributed by atoms with Crippen molar-refractivity contribution >= 4 is 28.6 Å². The number of nitrogens with one attached hydrogen (secondary N) is 1. The van der Waals surface area contributed by atoms with Crippen LogP contribution in [0.25, 0.3) is 33.9 Å². The first-order valence-electron chi connectivity index (χ1n) is 11.4. The Bertz CT molecular complexity index is 1470. The van der Waals surface area contributed by atoms with Crippen molar-refractivity contribution in [3.05, 3.63) is 63.7 Å². The van der Waals surface area contributed by atoms with Crippen molar-refractivity contribution in [2.75, 3.05) is 11.9 Å². The minimum Gasteiger partial charge on any atom is -0.370 e. The van der Waals surface area contributed by atoms with Gasteiger partial charge in [-0.15, -0.1) is 0 Å². The summed E-state index contributed by atoms with van der Waals surface area (Å²) >= 11 is 0. The third kappa shape index (κ3) is 4.55. The van der Waals surface area contributed by atoms with Crippen LogP contribution in [0, 0.1) is 13.8 Å². The number of aryl methyl sites for hydroxylation is 2. The number of allylic oxidation sites excluding steroid dienone is 1. The highest BCUT2D eigenvalue weighted by molar-refractivity contribution is 5.92. The predicted octanol–water partition coefficient (Wildman–Crippen LogP) is 4.98. The first-order valence-corrected chi connectivity index (χ1v) is 11.4. The van der Waals surface area contributed by atoms with Crippen LogP contribution >= 0.6 is 0 Å². The Labute approximate surface area is 201 Å². The number of alkyl halides is 2. The molecule has 0 bridgehead atoms. The molecule has 4 aromatic rings. The average molecular weight is 480 g/mol. The Kier molecular flexibility index (Phi) is 6.72. The maximum Gasteiger partial charge on any atom is 0.281 e. The van der Waals surface area contributed by atoms with E-state index in [1.165, 1.54) is 23.0 Å². The fourth-order valence-corrected chi connectivity index (χ4v) is 3.96. The molecule has 1 N–H and O–H groups in total. The number of fused-ring (bicyclic) bond motifs is 1. The van der Waals surface area contributed by atoms with Gasteiger partial charge >= 0.3 is 0 Å². The van der Waals surface area contributed by atoms with Crippen molar-refractivity contribution in [1.29, 1.82) is 0 Å². The van der Waals surface area contributed by atoms with Crippen LogP contribution in [0.15, 0.2) is 35.3 Å². The van der Waals surface area contributed by atoms with Gasteiger partial charge in [-0.3, -0.25) is 9.78 Å². The highest BCUT2D eigenvalue weighted by Gasteiger charge is 2.19. The molecule has 0 saturated carbocycles. The quantitative estimate of drug-likeness (QED) is 0.402. The van der Waals surface area contributed by atoms with Gasteiger partial charge in [0.2, 0.25) is 0 Å². The zero-order valence-electron chi connectivity index (χ0n) is 20.3. The van der Waals surface area contributed by atoms with Crippen LogP contribution < -0.4 is 10.9 Å². The van der Waals surface area contributed by atoms with Crippen LogP contribution in [-0.2, 0) is 7.05 Å². The fraction of sp³-hybridized carbons (Fsp3) is 0.320. The lowest BCUT2D eigenvalue weighted by molar-refractivity contribution is 0.146. The smallest absolute Gasteiger partial charge is 0.281 e. The zero-order chi connectivity index (χ0) is 25.3. The van der Waals surface area contributed by atoms with Gasteiger partial charge in [0, 0.05) is 31.0 Å². The molecule has 0 atom stereocenters. The lowest BCUT2D eigenvalue weighted by Crippen LogP contribution is -2.25. The SMILES string of the molecule is CCNc1ccc2nn(/C(=C/c3c(C)nc(C)n3C)CC)c(=O)c(-c3ccc(C(F)F)nc3)c2n1. The third-order valence-electron chi connectivity index (χ3n) is 5.87. The van der Waals surface area contributed by atoms with Crippen LogP contribution in [0.2, 0.25) is 0 Å². The van der Waals surface area contributed by atoms with Crippen LogP contribution in [0.1, 0.15) is 49.6 Å². The van der Waals surface area contributed by atoms with Gasteiger partial charge in [0.25, 0.3) is 12.0 Å². The van der Waals surface area contributed by atoms with Crippen molar-refractivity contribution in [2.45, 2.75) is 40.5 Å². The van der Waals surface area contributed by atoms with E-state index in [2.05, 4.69) is 25.4 Å². The number of aromatic nitrogens is 6. The van der Waals surface area contributed by atoms with Crippen molar-refractivity contribution in [1.82, 2.24) is 29.3 Å². The second-order valence-corrected chi connectivity index (χ2v) is 8.14. The standard InChI is InChI=1S/C25H27F2N7O/c1-6-17(12-20-14(3)30-15(4)33(20)5)34-25(35)22(16-8-9-19(24(26)27)29-13-16)23-18(32-34)10-11-21(31-23)28-7-2/h8-13,24H,6-7H2,1-5H3,(H,28,31)/b17-12+. The number of halogens is 2. The minimum atomic E-state index is -2.70. The topological polar surface area (TPSA) is 90.5 Å². The molecule has 4 aromatic heterocycles.